The van der Waals surface area contributed by atoms with Gasteiger partial charge in [0.15, 0.2) is 0 Å². The first-order chi connectivity index (χ1) is 6.86. The van der Waals surface area contributed by atoms with Crippen LogP contribution in [0.2, 0.25) is 0 Å². The predicted molar refractivity (Wildman–Crippen MR) is 54.4 cm³/mol. The Balaban J connectivity index is 3.92. The minimum Gasteiger partial charge on any atom is -0.480 e. The highest BCUT2D eigenvalue weighted by atomic mass is 35.5. The highest BCUT2D eigenvalue weighted by molar-refractivity contribution is 6.34. The fourth-order valence-electron chi connectivity index (χ4n) is 0.959. The molecule has 88 valence electrons. The minimum absolute atomic E-state index is 0.142. The SMILES string of the molecule is NC(CCCC(C(=O)O)N(Cl)Cl)C(=O)O. The van der Waals surface area contributed by atoms with Crippen LogP contribution in [-0.2, 0) is 9.59 Å². The Kier molecular flexibility index (Phi) is 6.58. The van der Waals surface area contributed by atoms with Crippen LogP contribution in [-0.4, -0.2) is 38.2 Å². The number of hydrogen-bond acceptors (Lipinski definition) is 4. The fourth-order valence-corrected chi connectivity index (χ4v) is 1.32. The van der Waals surface area contributed by atoms with Crippen LogP contribution in [0.15, 0.2) is 0 Å². The zero-order valence-electron chi connectivity index (χ0n) is 7.77. The van der Waals surface area contributed by atoms with Crippen molar-refractivity contribution in [3.8, 4) is 0 Å². The largest absolute Gasteiger partial charge is 0.480 e. The average molecular weight is 259 g/mol. The molecule has 0 saturated carbocycles. The van der Waals surface area contributed by atoms with Gasteiger partial charge in [0, 0.05) is 0 Å². The maximum Gasteiger partial charge on any atom is 0.323 e. The summed E-state index contributed by atoms with van der Waals surface area (Å²) in [5.41, 5.74) is 5.23. The van der Waals surface area contributed by atoms with E-state index in [0.29, 0.717) is 10.4 Å². The summed E-state index contributed by atoms with van der Waals surface area (Å²) in [7, 11) is 0. The summed E-state index contributed by atoms with van der Waals surface area (Å²) in [6.07, 6.45) is 0.643. The molecule has 0 rings (SSSR count). The smallest absolute Gasteiger partial charge is 0.323 e. The van der Waals surface area contributed by atoms with E-state index in [4.69, 9.17) is 39.5 Å². The van der Waals surface area contributed by atoms with Crippen LogP contribution in [0.3, 0.4) is 0 Å². The van der Waals surface area contributed by atoms with E-state index in [9.17, 15) is 9.59 Å². The number of nitrogens with zero attached hydrogens (tertiary/aromatic N) is 1. The first-order valence-electron chi connectivity index (χ1n) is 4.18. The molecule has 4 N–H and O–H groups in total. The second-order valence-corrected chi connectivity index (χ2v) is 3.89. The zero-order valence-corrected chi connectivity index (χ0v) is 9.28. The zero-order chi connectivity index (χ0) is 12.0. The monoisotopic (exact) mass is 258 g/mol. The van der Waals surface area contributed by atoms with Crippen LogP contribution < -0.4 is 5.73 Å². The molecule has 0 aliphatic carbocycles. The van der Waals surface area contributed by atoms with Crippen LogP contribution in [0.5, 0.6) is 0 Å². The van der Waals surface area contributed by atoms with Crippen LogP contribution >= 0.6 is 23.6 Å². The van der Waals surface area contributed by atoms with E-state index in [1.54, 1.807) is 0 Å². The lowest BCUT2D eigenvalue weighted by Gasteiger charge is -2.15. The summed E-state index contributed by atoms with van der Waals surface area (Å²) in [4.78, 5) is 20.9. The molecule has 8 heteroatoms. The van der Waals surface area contributed by atoms with Gasteiger partial charge >= 0.3 is 11.9 Å². The van der Waals surface area contributed by atoms with Crippen molar-refractivity contribution >= 4 is 35.5 Å². The molecular formula is C7H12Cl2N2O4. The lowest BCUT2D eigenvalue weighted by atomic mass is 10.1. The van der Waals surface area contributed by atoms with Gasteiger partial charge in [0.25, 0.3) is 0 Å². The quantitative estimate of drug-likeness (QED) is 0.579. The summed E-state index contributed by atoms with van der Waals surface area (Å²) >= 11 is 10.6. The maximum atomic E-state index is 10.6. The number of hydrogen-bond donors (Lipinski definition) is 3. The summed E-state index contributed by atoms with van der Waals surface area (Å²) in [5, 5.41) is 17.1. The molecule has 0 fully saturated rings. The van der Waals surface area contributed by atoms with Gasteiger partial charge in [0.2, 0.25) is 0 Å². The van der Waals surface area contributed by atoms with Gasteiger partial charge in [-0.2, -0.15) is 0 Å². The highest BCUT2D eigenvalue weighted by Gasteiger charge is 2.23. The second-order valence-electron chi connectivity index (χ2n) is 2.99. The first kappa shape index (κ1) is 14.4. The Morgan fingerprint density at radius 2 is 1.73 bits per heavy atom. The maximum absolute atomic E-state index is 10.6. The number of rotatable bonds is 7. The number of nitrogens with two attached hydrogens (primary N) is 1. The molecule has 0 bridgehead atoms. The van der Waals surface area contributed by atoms with Gasteiger partial charge in [0.05, 0.1) is 0 Å². The van der Waals surface area contributed by atoms with Crippen molar-refractivity contribution in [2.75, 3.05) is 0 Å². The molecule has 15 heavy (non-hydrogen) atoms. The van der Waals surface area contributed by atoms with Crippen molar-refractivity contribution in [2.45, 2.75) is 31.3 Å². The normalized spacial score (nSPS) is 14.9. The third-order valence-electron chi connectivity index (χ3n) is 1.83. The molecule has 0 heterocycles. The van der Waals surface area contributed by atoms with Gasteiger partial charge in [-0.1, -0.05) is 0 Å². The van der Waals surface area contributed by atoms with E-state index >= 15 is 0 Å². The number of carboxylic acid groups (broad SMARTS) is 2. The van der Waals surface area contributed by atoms with Crippen molar-refractivity contribution in [1.29, 1.82) is 0 Å². The third-order valence-corrected chi connectivity index (χ3v) is 2.30. The third kappa shape index (κ3) is 5.78. The molecule has 0 saturated heterocycles. The molecule has 0 spiro atoms. The van der Waals surface area contributed by atoms with Gasteiger partial charge in [0.1, 0.15) is 12.1 Å². The molecular weight excluding hydrogens is 247 g/mol. The lowest BCUT2D eigenvalue weighted by Crippen LogP contribution is -2.32. The molecule has 6 nitrogen and oxygen atoms in total. The van der Waals surface area contributed by atoms with E-state index < -0.39 is 24.0 Å². The van der Waals surface area contributed by atoms with E-state index in [1.165, 1.54) is 0 Å². The Morgan fingerprint density at radius 3 is 2.07 bits per heavy atom. The van der Waals surface area contributed by atoms with Gasteiger partial charge in [-0.25, -0.2) is 0 Å². The molecule has 2 atom stereocenters. The van der Waals surface area contributed by atoms with Crippen molar-refractivity contribution in [2.24, 2.45) is 5.73 Å². The molecule has 0 radical (unpaired) electrons. The summed E-state index contributed by atoms with van der Waals surface area (Å²) in [5.74, 6) is -2.28. The molecule has 2 unspecified atom stereocenters. The number of carboxylic acids is 2. The predicted octanol–water partition coefficient (Wildman–Crippen LogP) is 0.631. The van der Waals surface area contributed by atoms with E-state index in [1.807, 2.05) is 0 Å². The van der Waals surface area contributed by atoms with Crippen LogP contribution in [0, 0.1) is 0 Å². The Hall–Kier alpha value is -0.560. The summed E-state index contributed by atoms with van der Waals surface area (Å²) < 4.78 is 0.536. The second kappa shape index (κ2) is 6.84. The molecule has 0 aromatic carbocycles. The molecule has 0 aromatic rings. The van der Waals surface area contributed by atoms with E-state index in [-0.39, 0.29) is 12.8 Å². The molecule has 0 amide bonds. The van der Waals surface area contributed by atoms with E-state index in [2.05, 4.69) is 0 Å². The van der Waals surface area contributed by atoms with Gasteiger partial charge in [-0.3, -0.25) is 9.59 Å². The lowest BCUT2D eigenvalue weighted by molar-refractivity contribution is -0.140. The number of halogens is 2. The first-order valence-corrected chi connectivity index (χ1v) is 4.86. The topological polar surface area (TPSA) is 104 Å². The van der Waals surface area contributed by atoms with E-state index in [0.717, 1.165) is 0 Å². The number of aliphatic carboxylic acids is 2. The Bertz CT molecular complexity index is 237. The number of carbonyl (C=O) groups is 2. The van der Waals surface area contributed by atoms with Crippen molar-refractivity contribution < 1.29 is 19.8 Å². The van der Waals surface area contributed by atoms with Gasteiger partial charge in [-0.05, 0) is 42.8 Å². The van der Waals surface area contributed by atoms with Crippen LogP contribution in [0.25, 0.3) is 0 Å². The van der Waals surface area contributed by atoms with Crippen molar-refractivity contribution in [1.82, 2.24) is 3.94 Å². The Labute approximate surface area is 96.8 Å². The highest BCUT2D eigenvalue weighted by Crippen LogP contribution is 2.14. The van der Waals surface area contributed by atoms with Crippen LogP contribution in [0.4, 0.5) is 0 Å². The van der Waals surface area contributed by atoms with Crippen LogP contribution in [0.1, 0.15) is 19.3 Å². The molecule has 0 aromatic heterocycles. The fraction of sp³-hybridized carbons (Fsp3) is 0.714. The van der Waals surface area contributed by atoms with Gasteiger partial charge in [-0.15, -0.1) is 3.94 Å². The Morgan fingerprint density at radius 1 is 1.20 bits per heavy atom. The molecule has 0 aliphatic rings. The van der Waals surface area contributed by atoms with Gasteiger partial charge < -0.3 is 15.9 Å². The summed E-state index contributed by atoms with van der Waals surface area (Å²) in [6.45, 7) is 0. The summed E-state index contributed by atoms with van der Waals surface area (Å²) in [6, 6.07) is -2.03. The van der Waals surface area contributed by atoms with Crippen molar-refractivity contribution in [3.05, 3.63) is 0 Å². The standard InChI is InChI=1S/C7H12Cl2N2O4/c8-11(9)5(7(14)15)3-1-2-4(10)6(12)13/h4-5H,1-3,10H2,(H,12,13)(H,14,15). The molecule has 0 aliphatic heterocycles. The van der Waals surface area contributed by atoms with Crippen molar-refractivity contribution in [3.63, 3.8) is 0 Å². The minimum atomic E-state index is -1.16. The average Bonchev–Trinajstić information content (AvgIpc) is 2.10.